The number of aliphatic carboxylic acids is 1. The van der Waals surface area contributed by atoms with E-state index in [1.807, 2.05) is 18.7 Å². The summed E-state index contributed by atoms with van der Waals surface area (Å²) in [6.07, 6.45) is 1.43. The number of nitrogens with zero attached hydrogens (tertiary/aromatic N) is 2. The maximum absolute atomic E-state index is 10.9. The topological polar surface area (TPSA) is 96.5 Å². The molecule has 1 heterocycles. The molecule has 1 unspecified atom stereocenters. The van der Waals surface area contributed by atoms with E-state index in [-0.39, 0.29) is 12.5 Å². The first-order valence-corrected chi connectivity index (χ1v) is 5.70. The van der Waals surface area contributed by atoms with E-state index in [2.05, 4.69) is 4.98 Å². The zero-order valence-corrected chi connectivity index (χ0v) is 10.5. The van der Waals surface area contributed by atoms with E-state index in [0.717, 1.165) is 0 Å². The smallest absolute Gasteiger partial charge is 0.305 e. The highest BCUT2D eigenvalue weighted by atomic mass is 16.4. The van der Waals surface area contributed by atoms with Crippen LogP contribution in [0, 0.1) is 0 Å². The van der Waals surface area contributed by atoms with Crippen LogP contribution in [0.3, 0.4) is 0 Å². The van der Waals surface area contributed by atoms with Crippen molar-refractivity contribution >= 4 is 17.7 Å². The first-order chi connectivity index (χ1) is 8.45. The van der Waals surface area contributed by atoms with Crippen molar-refractivity contribution in [1.82, 2.24) is 4.98 Å². The van der Waals surface area contributed by atoms with Crippen molar-refractivity contribution in [2.24, 2.45) is 5.73 Å². The van der Waals surface area contributed by atoms with Gasteiger partial charge in [-0.25, -0.2) is 4.98 Å². The maximum atomic E-state index is 10.9. The molecule has 1 aromatic rings. The van der Waals surface area contributed by atoms with Gasteiger partial charge >= 0.3 is 5.97 Å². The van der Waals surface area contributed by atoms with E-state index in [1.165, 1.54) is 6.20 Å². The normalized spacial score (nSPS) is 11.9. The van der Waals surface area contributed by atoms with E-state index in [1.54, 1.807) is 12.1 Å². The van der Waals surface area contributed by atoms with Crippen LogP contribution in [0.25, 0.3) is 0 Å². The molecule has 0 aliphatic carbocycles. The Balaban J connectivity index is 2.88. The molecule has 0 spiro atoms. The Labute approximate surface area is 105 Å². The van der Waals surface area contributed by atoms with Crippen molar-refractivity contribution in [3.05, 3.63) is 23.9 Å². The number of primary amides is 1. The lowest BCUT2D eigenvalue weighted by Crippen LogP contribution is -2.35. The number of rotatable bonds is 6. The summed E-state index contributed by atoms with van der Waals surface area (Å²) in [5.41, 5.74) is 5.46. The highest BCUT2D eigenvalue weighted by Gasteiger charge is 2.17. The van der Waals surface area contributed by atoms with Crippen molar-refractivity contribution in [1.29, 1.82) is 0 Å². The van der Waals surface area contributed by atoms with Crippen LogP contribution in [0.2, 0.25) is 0 Å². The SMILES string of the molecule is CCN(c1ccc(C(N)=O)cn1)C(C)CC(=O)O. The third-order valence-corrected chi connectivity index (χ3v) is 2.67. The van der Waals surface area contributed by atoms with Crippen LogP contribution in [0.1, 0.15) is 30.6 Å². The molecular formula is C12H17N3O3. The summed E-state index contributed by atoms with van der Waals surface area (Å²) in [6.45, 7) is 4.38. The van der Waals surface area contributed by atoms with Gasteiger partial charge in [0.15, 0.2) is 0 Å². The Bertz CT molecular complexity index is 431. The molecule has 6 nitrogen and oxygen atoms in total. The van der Waals surface area contributed by atoms with E-state index in [9.17, 15) is 9.59 Å². The average Bonchev–Trinajstić information content (AvgIpc) is 2.29. The third-order valence-electron chi connectivity index (χ3n) is 2.67. The summed E-state index contributed by atoms with van der Waals surface area (Å²) in [4.78, 5) is 27.6. The van der Waals surface area contributed by atoms with Gasteiger partial charge in [-0.3, -0.25) is 9.59 Å². The monoisotopic (exact) mass is 251 g/mol. The van der Waals surface area contributed by atoms with Crippen molar-refractivity contribution in [2.45, 2.75) is 26.3 Å². The van der Waals surface area contributed by atoms with Crippen LogP contribution in [-0.4, -0.2) is 34.6 Å². The van der Waals surface area contributed by atoms with Crippen molar-refractivity contribution in [3.8, 4) is 0 Å². The number of carboxylic acids is 1. The lowest BCUT2D eigenvalue weighted by Gasteiger charge is -2.28. The molecule has 3 N–H and O–H groups in total. The van der Waals surface area contributed by atoms with Crippen molar-refractivity contribution < 1.29 is 14.7 Å². The molecule has 6 heteroatoms. The zero-order valence-electron chi connectivity index (χ0n) is 10.5. The lowest BCUT2D eigenvalue weighted by atomic mass is 10.2. The molecule has 1 amide bonds. The Morgan fingerprint density at radius 3 is 2.56 bits per heavy atom. The zero-order chi connectivity index (χ0) is 13.7. The molecule has 0 saturated heterocycles. The van der Waals surface area contributed by atoms with Gasteiger partial charge in [0, 0.05) is 18.8 Å². The second-order valence-corrected chi connectivity index (χ2v) is 4.00. The third kappa shape index (κ3) is 3.44. The van der Waals surface area contributed by atoms with E-state index >= 15 is 0 Å². The molecule has 0 saturated carbocycles. The van der Waals surface area contributed by atoms with E-state index in [4.69, 9.17) is 10.8 Å². The molecule has 0 aromatic carbocycles. The van der Waals surface area contributed by atoms with Crippen LogP contribution in [0.15, 0.2) is 18.3 Å². The van der Waals surface area contributed by atoms with Gasteiger partial charge in [0.05, 0.1) is 12.0 Å². The van der Waals surface area contributed by atoms with Gasteiger partial charge in [-0.1, -0.05) is 0 Å². The number of carbonyl (C=O) groups excluding carboxylic acids is 1. The number of nitrogens with two attached hydrogens (primary N) is 1. The van der Waals surface area contributed by atoms with Crippen LogP contribution < -0.4 is 10.6 Å². The minimum atomic E-state index is -0.852. The molecule has 0 radical (unpaired) electrons. The van der Waals surface area contributed by atoms with Gasteiger partial charge in [0.1, 0.15) is 5.82 Å². The Morgan fingerprint density at radius 2 is 2.17 bits per heavy atom. The van der Waals surface area contributed by atoms with Gasteiger partial charge < -0.3 is 15.7 Å². The summed E-state index contributed by atoms with van der Waals surface area (Å²) in [7, 11) is 0. The first kappa shape index (κ1) is 14.0. The number of carboxylic acid groups (broad SMARTS) is 1. The van der Waals surface area contributed by atoms with Crippen LogP contribution in [0.4, 0.5) is 5.82 Å². The lowest BCUT2D eigenvalue weighted by molar-refractivity contribution is -0.137. The fraction of sp³-hybridized carbons (Fsp3) is 0.417. The summed E-state index contributed by atoms with van der Waals surface area (Å²) in [5.74, 6) is -0.748. The minimum Gasteiger partial charge on any atom is -0.481 e. The number of amides is 1. The van der Waals surface area contributed by atoms with Gasteiger partial charge in [0.2, 0.25) is 5.91 Å². The second kappa shape index (κ2) is 6.00. The van der Waals surface area contributed by atoms with Crippen molar-refractivity contribution in [3.63, 3.8) is 0 Å². The maximum Gasteiger partial charge on any atom is 0.305 e. The Hall–Kier alpha value is -2.11. The van der Waals surface area contributed by atoms with Gasteiger partial charge in [0.25, 0.3) is 0 Å². The van der Waals surface area contributed by atoms with Gasteiger partial charge in [-0.2, -0.15) is 0 Å². The number of pyridine rings is 1. The van der Waals surface area contributed by atoms with E-state index < -0.39 is 11.9 Å². The van der Waals surface area contributed by atoms with Crippen LogP contribution in [-0.2, 0) is 4.79 Å². The quantitative estimate of drug-likeness (QED) is 0.782. The predicted octanol–water partition coefficient (Wildman–Crippen LogP) is 0.870. The number of hydrogen-bond acceptors (Lipinski definition) is 4. The standard InChI is InChI=1S/C12H17N3O3/c1-3-15(8(2)6-11(16)17)10-5-4-9(7-14-10)12(13)18/h4-5,7-8H,3,6H2,1-2H3,(H2,13,18)(H,16,17). The molecule has 18 heavy (non-hydrogen) atoms. The first-order valence-electron chi connectivity index (χ1n) is 5.70. The summed E-state index contributed by atoms with van der Waals surface area (Å²) < 4.78 is 0. The molecule has 1 atom stereocenters. The fourth-order valence-electron chi connectivity index (χ4n) is 1.76. The second-order valence-electron chi connectivity index (χ2n) is 4.00. The number of anilines is 1. The molecule has 1 rings (SSSR count). The number of hydrogen-bond donors (Lipinski definition) is 2. The summed E-state index contributed by atoms with van der Waals surface area (Å²) >= 11 is 0. The number of carbonyl (C=O) groups is 2. The molecule has 98 valence electrons. The molecular weight excluding hydrogens is 234 g/mol. The largest absolute Gasteiger partial charge is 0.481 e. The molecule has 0 aliphatic rings. The number of aromatic nitrogens is 1. The highest BCUT2D eigenvalue weighted by molar-refractivity contribution is 5.92. The van der Waals surface area contributed by atoms with Crippen LogP contribution >= 0.6 is 0 Å². The predicted molar refractivity (Wildman–Crippen MR) is 67.5 cm³/mol. The van der Waals surface area contributed by atoms with Gasteiger partial charge in [-0.15, -0.1) is 0 Å². The molecule has 0 fully saturated rings. The highest BCUT2D eigenvalue weighted by Crippen LogP contribution is 2.16. The molecule has 1 aromatic heterocycles. The molecule has 0 bridgehead atoms. The summed E-state index contributed by atoms with van der Waals surface area (Å²) in [5, 5.41) is 8.78. The Morgan fingerprint density at radius 1 is 1.50 bits per heavy atom. The average molecular weight is 251 g/mol. The van der Waals surface area contributed by atoms with Crippen LogP contribution in [0.5, 0.6) is 0 Å². The summed E-state index contributed by atoms with van der Waals surface area (Å²) in [6, 6.07) is 3.09. The minimum absolute atomic E-state index is 0.0348. The Kier molecular flexibility index (Phi) is 4.65. The molecule has 0 aliphatic heterocycles. The fourth-order valence-corrected chi connectivity index (χ4v) is 1.76. The van der Waals surface area contributed by atoms with Gasteiger partial charge in [-0.05, 0) is 26.0 Å². The van der Waals surface area contributed by atoms with Crippen molar-refractivity contribution in [2.75, 3.05) is 11.4 Å². The van der Waals surface area contributed by atoms with E-state index in [0.29, 0.717) is 17.9 Å².